The summed E-state index contributed by atoms with van der Waals surface area (Å²) in [5, 5.41) is 11.6. The van der Waals surface area contributed by atoms with Crippen molar-refractivity contribution in [3.8, 4) is 0 Å². The van der Waals surface area contributed by atoms with Crippen LogP contribution in [0.25, 0.3) is 0 Å². The van der Waals surface area contributed by atoms with E-state index in [1.165, 1.54) is 39.7 Å². The van der Waals surface area contributed by atoms with Gasteiger partial charge in [0, 0.05) is 13.3 Å². The zero-order valence-electron chi connectivity index (χ0n) is 20.8. The van der Waals surface area contributed by atoms with Crippen molar-refractivity contribution in [3.05, 3.63) is 0 Å². The Bertz CT molecular complexity index is 721. The molecule has 0 bridgehead atoms. The Labute approximate surface area is 194 Å². The van der Waals surface area contributed by atoms with Crippen LogP contribution in [0.3, 0.4) is 0 Å². The second-order valence-electron chi connectivity index (χ2n) is 12.1. The molecule has 182 valence electrons. The molecule has 4 aliphatic rings. The van der Waals surface area contributed by atoms with E-state index in [0.717, 1.165) is 32.1 Å². The fraction of sp³-hybridized carbons (Fsp3) is 0.926. The van der Waals surface area contributed by atoms with Gasteiger partial charge in [-0.15, -0.1) is 0 Å². The van der Waals surface area contributed by atoms with E-state index in [2.05, 4.69) is 20.8 Å². The summed E-state index contributed by atoms with van der Waals surface area (Å²) in [7, 11) is 1.46. The number of aliphatic hydroxyl groups excluding tert-OH is 1. The lowest BCUT2D eigenvalue weighted by molar-refractivity contribution is -0.181. The highest BCUT2D eigenvalue weighted by Gasteiger charge is 2.63. The van der Waals surface area contributed by atoms with Crippen LogP contribution in [0.5, 0.6) is 0 Å². The Kier molecular flexibility index (Phi) is 6.70. The average molecular weight is 449 g/mol. The molecular weight excluding hydrogens is 404 g/mol. The van der Waals surface area contributed by atoms with Gasteiger partial charge in [-0.1, -0.05) is 20.8 Å². The number of carbonyl (C=O) groups is 2. The van der Waals surface area contributed by atoms with Gasteiger partial charge in [0.25, 0.3) is 0 Å². The zero-order valence-corrected chi connectivity index (χ0v) is 20.8. The summed E-state index contributed by atoms with van der Waals surface area (Å²) in [6, 6.07) is 0. The quantitative estimate of drug-likeness (QED) is 0.590. The molecule has 0 aromatic carbocycles. The molecule has 4 saturated carbocycles. The van der Waals surface area contributed by atoms with Crippen molar-refractivity contribution in [2.45, 2.75) is 104 Å². The van der Waals surface area contributed by atoms with E-state index in [0.29, 0.717) is 41.9 Å². The van der Waals surface area contributed by atoms with Crippen molar-refractivity contribution >= 4 is 11.9 Å². The molecule has 0 aromatic heterocycles. The summed E-state index contributed by atoms with van der Waals surface area (Å²) < 4.78 is 10.5. The second-order valence-corrected chi connectivity index (χ2v) is 12.1. The Morgan fingerprint density at radius 2 is 1.81 bits per heavy atom. The van der Waals surface area contributed by atoms with Gasteiger partial charge in [-0.05, 0) is 104 Å². The zero-order chi connectivity index (χ0) is 23.3. The molecule has 5 nitrogen and oxygen atoms in total. The largest absolute Gasteiger partial charge is 0.469 e. The van der Waals surface area contributed by atoms with Crippen LogP contribution in [0.2, 0.25) is 0 Å². The summed E-state index contributed by atoms with van der Waals surface area (Å²) >= 11 is 0. The molecule has 10 atom stereocenters. The molecule has 0 radical (unpaired) electrons. The molecular formula is C27H44O5. The van der Waals surface area contributed by atoms with Gasteiger partial charge >= 0.3 is 11.9 Å². The summed E-state index contributed by atoms with van der Waals surface area (Å²) in [6.07, 6.45) is 9.92. The Balaban J connectivity index is 1.50. The van der Waals surface area contributed by atoms with E-state index in [1.54, 1.807) is 0 Å². The third kappa shape index (κ3) is 3.91. The lowest BCUT2D eigenvalue weighted by Crippen LogP contribution is -2.59. The smallest absolute Gasteiger partial charge is 0.305 e. The van der Waals surface area contributed by atoms with Gasteiger partial charge < -0.3 is 14.6 Å². The number of ether oxygens (including phenoxy) is 2. The Morgan fingerprint density at radius 3 is 2.50 bits per heavy atom. The van der Waals surface area contributed by atoms with Crippen LogP contribution < -0.4 is 0 Å². The highest BCUT2D eigenvalue weighted by atomic mass is 16.5. The summed E-state index contributed by atoms with van der Waals surface area (Å²) in [4.78, 5) is 23.2. The third-order valence-electron chi connectivity index (χ3n) is 10.8. The van der Waals surface area contributed by atoms with Gasteiger partial charge in [0.15, 0.2) is 0 Å². The van der Waals surface area contributed by atoms with Crippen LogP contribution in [0.1, 0.15) is 91.9 Å². The first-order valence-electron chi connectivity index (χ1n) is 13.0. The van der Waals surface area contributed by atoms with Crippen LogP contribution in [-0.2, 0) is 19.1 Å². The van der Waals surface area contributed by atoms with Crippen molar-refractivity contribution in [3.63, 3.8) is 0 Å². The molecule has 5 heteroatoms. The number of esters is 2. The maximum absolute atomic E-state index is 11.7. The maximum atomic E-state index is 11.7. The van der Waals surface area contributed by atoms with Crippen LogP contribution in [0, 0.1) is 46.3 Å². The molecule has 4 fully saturated rings. The molecule has 0 aliphatic heterocycles. The van der Waals surface area contributed by atoms with E-state index in [9.17, 15) is 14.7 Å². The topological polar surface area (TPSA) is 72.8 Å². The molecule has 4 rings (SSSR count). The van der Waals surface area contributed by atoms with Gasteiger partial charge in [0.1, 0.15) is 6.10 Å². The van der Waals surface area contributed by atoms with E-state index >= 15 is 0 Å². The van der Waals surface area contributed by atoms with Gasteiger partial charge in [-0.3, -0.25) is 9.59 Å². The number of hydrogen-bond acceptors (Lipinski definition) is 5. The lowest BCUT2D eigenvalue weighted by atomic mass is 9.43. The molecule has 0 heterocycles. The average Bonchev–Trinajstić information content (AvgIpc) is 3.11. The van der Waals surface area contributed by atoms with Gasteiger partial charge in [0.05, 0.1) is 13.2 Å². The minimum Gasteiger partial charge on any atom is -0.469 e. The van der Waals surface area contributed by atoms with Crippen molar-refractivity contribution < 1.29 is 24.2 Å². The molecule has 0 aromatic rings. The van der Waals surface area contributed by atoms with E-state index in [1.807, 2.05) is 0 Å². The summed E-state index contributed by atoms with van der Waals surface area (Å²) in [5.41, 5.74) is 0.200. The molecule has 0 spiro atoms. The highest BCUT2D eigenvalue weighted by molar-refractivity contribution is 5.69. The number of carbonyl (C=O) groups excluding carboxylic acids is 2. The Hall–Kier alpha value is -1.10. The standard InChI is InChI=1S/C27H44O5/c1-16(6-11-25(30)31-5)21-9-10-22-20-8-7-18-14-19(32-17(2)28)12-13-26(18,3)23(20)15-24(29)27(21,22)4/h16,18-24,29H,6-15H2,1-5H3/t16-,18-,19-,20+,21+,22-,23-,24+,26+,27-/m1/s1. The summed E-state index contributed by atoms with van der Waals surface area (Å²) in [6.45, 7) is 8.62. The molecule has 0 saturated heterocycles. The van der Waals surface area contributed by atoms with Crippen LogP contribution in [0.4, 0.5) is 0 Å². The normalized spacial score (nSPS) is 46.4. The predicted octanol–water partition coefficient (Wildman–Crippen LogP) is 5.14. The molecule has 4 aliphatic carbocycles. The Morgan fingerprint density at radius 1 is 1.06 bits per heavy atom. The second kappa shape index (κ2) is 8.92. The monoisotopic (exact) mass is 448 g/mol. The maximum Gasteiger partial charge on any atom is 0.305 e. The van der Waals surface area contributed by atoms with E-state index in [4.69, 9.17) is 9.47 Å². The number of fused-ring (bicyclic) bond motifs is 5. The number of hydrogen-bond donors (Lipinski definition) is 1. The number of aliphatic hydroxyl groups is 1. The molecule has 0 unspecified atom stereocenters. The van der Waals surface area contributed by atoms with Gasteiger partial charge in [0.2, 0.25) is 0 Å². The van der Waals surface area contributed by atoms with Crippen molar-refractivity contribution in [2.75, 3.05) is 7.11 Å². The van der Waals surface area contributed by atoms with Crippen LogP contribution >= 0.6 is 0 Å². The van der Waals surface area contributed by atoms with Gasteiger partial charge in [-0.25, -0.2) is 0 Å². The van der Waals surface area contributed by atoms with Crippen LogP contribution in [-0.4, -0.2) is 36.4 Å². The minimum atomic E-state index is -0.274. The predicted molar refractivity (Wildman–Crippen MR) is 123 cm³/mol. The minimum absolute atomic E-state index is 0.0468. The van der Waals surface area contributed by atoms with E-state index < -0.39 is 0 Å². The van der Waals surface area contributed by atoms with Crippen molar-refractivity contribution in [1.29, 1.82) is 0 Å². The fourth-order valence-corrected chi connectivity index (χ4v) is 9.13. The van der Waals surface area contributed by atoms with Crippen molar-refractivity contribution in [2.24, 2.45) is 46.3 Å². The highest BCUT2D eigenvalue weighted by Crippen LogP contribution is 2.68. The first-order chi connectivity index (χ1) is 15.1. The van der Waals surface area contributed by atoms with E-state index in [-0.39, 0.29) is 35.0 Å². The fourth-order valence-electron chi connectivity index (χ4n) is 9.13. The van der Waals surface area contributed by atoms with Crippen LogP contribution in [0.15, 0.2) is 0 Å². The first kappa shape index (κ1) is 24.0. The third-order valence-corrected chi connectivity index (χ3v) is 10.8. The lowest BCUT2D eigenvalue weighted by Gasteiger charge is -2.62. The number of methoxy groups -OCH3 is 1. The van der Waals surface area contributed by atoms with Crippen molar-refractivity contribution in [1.82, 2.24) is 0 Å². The molecule has 1 N–H and O–H groups in total. The molecule has 0 amide bonds. The molecule has 32 heavy (non-hydrogen) atoms. The SMILES string of the molecule is COC(=O)CC[C@@H](C)[C@@H]1CC[C@@H]2[C@@H]3CC[C@@H]4C[C@H](OC(C)=O)CC[C@]4(C)[C@@H]3C[C@H](O)[C@@]21C. The first-order valence-corrected chi connectivity index (χ1v) is 13.0. The summed E-state index contributed by atoms with van der Waals surface area (Å²) in [5.74, 6) is 3.02. The van der Waals surface area contributed by atoms with Gasteiger partial charge in [-0.2, -0.15) is 0 Å². The number of rotatable bonds is 5.